The minimum atomic E-state index is -0.161. The molecule has 0 aromatic rings. The van der Waals surface area contributed by atoms with Crippen molar-refractivity contribution in [1.29, 1.82) is 0 Å². The van der Waals surface area contributed by atoms with Crippen molar-refractivity contribution in [3.63, 3.8) is 0 Å². The first-order valence-electron chi connectivity index (χ1n) is 14.8. The van der Waals surface area contributed by atoms with Crippen molar-refractivity contribution in [3.8, 4) is 0 Å². The van der Waals surface area contributed by atoms with E-state index in [1.54, 1.807) is 0 Å². The van der Waals surface area contributed by atoms with Gasteiger partial charge in [-0.2, -0.15) is 0 Å². The zero-order valence-electron chi connectivity index (χ0n) is 21.3. The third-order valence-corrected chi connectivity index (χ3v) is 12.0. The van der Waals surface area contributed by atoms with E-state index in [0.717, 1.165) is 44.4 Å². The Bertz CT molecular complexity index is 682. The van der Waals surface area contributed by atoms with Gasteiger partial charge in [0.2, 0.25) is 0 Å². The molecule has 0 radical (unpaired) electrons. The lowest BCUT2D eigenvalue weighted by molar-refractivity contribution is -0.157. The fourth-order valence-electron chi connectivity index (χ4n) is 10.2. The Hall–Kier alpha value is -0.410. The van der Waals surface area contributed by atoms with E-state index in [-0.39, 0.29) is 22.9 Å². The lowest BCUT2D eigenvalue weighted by Gasteiger charge is -2.61. The van der Waals surface area contributed by atoms with E-state index in [9.17, 15) is 15.0 Å². The van der Waals surface area contributed by atoms with Crippen LogP contribution in [0.3, 0.4) is 0 Å². The van der Waals surface area contributed by atoms with E-state index in [0.29, 0.717) is 36.1 Å². The average molecular weight is 459 g/mol. The number of fused-ring (bicyclic) bond motifs is 5. The van der Waals surface area contributed by atoms with Crippen molar-refractivity contribution in [2.45, 2.75) is 129 Å². The molecule has 33 heavy (non-hydrogen) atoms. The van der Waals surface area contributed by atoms with Crippen LogP contribution in [0, 0.1) is 46.3 Å². The fraction of sp³-hybridized carbons (Fsp3) is 0.967. The van der Waals surface area contributed by atoms with E-state index in [2.05, 4.69) is 6.92 Å². The summed E-state index contributed by atoms with van der Waals surface area (Å²) in [6.07, 6.45) is 21.3. The SMILES string of the molecule is C[C@]12CCC3[C@@H](CC[C@H]4C[C@H](O)CC[C@]34CO)[C@@H]1CC[C@@H]2C(=O)CCC1CCCCCCC1. The molecule has 0 aromatic carbocycles. The molecule has 5 saturated carbocycles. The summed E-state index contributed by atoms with van der Waals surface area (Å²) in [4.78, 5) is 13.6. The van der Waals surface area contributed by atoms with Crippen LogP contribution in [-0.2, 0) is 4.79 Å². The molecule has 3 heteroatoms. The van der Waals surface area contributed by atoms with E-state index in [1.807, 2.05) is 0 Å². The van der Waals surface area contributed by atoms with E-state index >= 15 is 0 Å². The summed E-state index contributed by atoms with van der Waals surface area (Å²) in [5.74, 6) is 4.12. The van der Waals surface area contributed by atoms with Crippen molar-refractivity contribution < 1.29 is 15.0 Å². The minimum Gasteiger partial charge on any atom is -0.396 e. The van der Waals surface area contributed by atoms with Crippen molar-refractivity contribution in [2.24, 2.45) is 46.3 Å². The molecule has 0 bridgehead atoms. The van der Waals surface area contributed by atoms with Crippen molar-refractivity contribution in [2.75, 3.05) is 6.61 Å². The van der Waals surface area contributed by atoms with Gasteiger partial charge in [0.25, 0.3) is 0 Å². The number of ketones is 1. The van der Waals surface area contributed by atoms with E-state index in [1.165, 1.54) is 77.0 Å². The molecule has 188 valence electrons. The molecule has 5 rings (SSSR count). The number of aliphatic hydroxyl groups is 2. The largest absolute Gasteiger partial charge is 0.396 e. The van der Waals surface area contributed by atoms with E-state index in [4.69, 9.17) is 0 Å². The molecule has 8 atom stereocenters. The number of carbonyl (C=O) groups is 1. The number of carbonyl (C=O) groups excluding carboxylic acids is 1. The maximum Gasteiger partial charge on any atom is 0.136 e. The maximum atomic E-state index is 13.6. The van der Waals surface area contributed by atoms with Crippen LogP contribution in [-0.4, -0.2) is 28.7 Å². The van der Waals surface area contributed by atoms with E-state index < -0.39 is 0 Å². The van der Waals surface area contributed by atoms with Gasteiger partial charge in [0.15, 0.2) is 0 Å². The fourth-order valence-corrected chi connectivity index (χ4v) is 10.2. The summed E-state index contributed by atoms with van der Waals surface area (Å²) in [5, 5.41) is 20.9. The monoisotopic (exact) mass is 458 g/mol. The van der Waals surface area contributed by atoms with Gasteiger partial charge in [-0.15, -0.1) is 0 Å². The second-order valence-electron chi connectivity index (χ2n) is 13.4. The first-order chi connectivity index (χ1) is 16.0. The molecule has 0 heterocycles. The summed E-state index contributed by atoms with van der Waals surface area (Å²) in [7, 11) is 0. The lowest BCUT2D eigenvalue weighted by Crippen LogP contribution is -2.56. The standard InChI is InChI=1S/C30H50O3/c1-29-17-16-26-24(11-10-22-19-23(32)15-18-30(22,26)20-31)25(29)12-13-27(29)28(33)14-9-21-7-5-3-2-4-6-8-21/h21-27,31-32H,2-20H2,1H3/t22-,23+,24-,25-,26?,27+,29-,30+/m0/s1. The molecule has 2 N–H and O–H groups in total. The number of Topliss-reactive ketones (excluding diaryl/α,β-unsaturated/α-hetero) is 1. The van der Waals surface area contributed by atoms with Gasteiger partial charge in [-0.25, -0.2) is 0 Å². The molecule has 0 saturated heterocycles. The smallest absolute Gasteiger partial charge is 0.136 e. The Morgan fingerprint density at radius 3 is 2.36 bits per heavy atom. The highest BCUT2D eigenvalue weighted by atomic mass is 16.3. The normalized spacial score (nSPS) is 46.5. The third kappa shape index (κ3) is 4.37. The third-order valence-electron chi connectivity index (χ3n) is 12.0. The Morgan fingerprint density at radius 1 is 0.848 bits per heavy atom. The van der Waals surface area contributed by atoms with Crippen molar-refractivity contribution in [1.82, 2.24) is 0 Å². The Morgan fingerprint density at radius 2 is 1.61 bits per heavy atom. The number of hydrogen-bond acceptors (Lipinski definition) is 3. The molecule has 3 nitrogen and oxygen atoms in total. The van der Waals surface area contributed by atoms with Crippen LogP contribution in [0.4, 0.5) is 0 Å². The van der Waals surface area contributed by atoms with Crippen LogP contribution in [0.15, 0.2) is 0 Å². The Balaban J connectivity index is 1.25. The van der Waals surface area contributed by atoms with Crippen LogP contribution < -0.4 is 0 Å². The predicted molar refractivity (Wildman–Crippen MR) is 133 cm³/mol. The van der Waals surface area contributed by atoms with Crippen LogP contribution in [0.5, 0.6) is 0 Å². The van der Waals surface area contributed by atoms with Gasteiger partial charge >= 0.3 is 0 Å². The molecule has 5 aliphatic carbocycles. The van der Waals surface area contributed by atoms with Crippen molar-refractivity contribution >= 4 is 5.78 Å². The highest BCUT2D eigenvalue weighted by Crippen LogP contribution is 2.67. The molecule has 5 aliphatic rings. The topological polar surface area (TPSA) is 57.5 Å². The van der Waals surface area contributed by atoms with Gasteiger partial charge in [-0.3, -0.25) is 4.79 Å². The van der Waals surface area contributed by atoms with Gasteiger partial charge in [0.05, 0.1) is 6.10 Å². The minimum absolute atomic E-state index is 0.0454. The molecular weight excluding hydrogens is 408 g/mol. The van der Waals surface area contributed by atoms with Gasteiger partial charge in [0.1, 0.15) is 5.78 Å². The summed E-state index contributed by atoms with van der Waals surface area (Å²) in [6.45, 7) is 2.78. The number of rotatable bonds is 5. The van der Waals surface area contributed by atoms with Gasteiger partial charge in [-0.1, -0.05) is 51.9 Å². The van der Waals surface area contributed by atoms with Crippen LogP contribution >= 0.6 is 0 Å². The summed E-state index contributed by atoms with van der Waals surface area (Å²) in [6, 6.07) is 0. The van der Waals surface area contributed by atoms with Crippen molar-refractivity contribution in [3.05, 3.63) is 0 Å². The summed E-state index contributed by atoms with van der Waals surface area (Å²) < 4.78 is 0. The second kappa shape index (κ2) is 9.92. The molecule has 0 aliphatic heterocycles. The summed E-state index contributed by atoms with van der Waals surface area (Å²) in [5.41, 5.74) is 0.237. The van der Waals surface area contributed by atoms with Crippen LogP contribution in [0.2, 0.25) is 0 Å². The quantitative estimate of drug-likeness (QED) is 0.482. The van der Waals surface area contributed by atoms with Gasteiger partial charge < -0.3 is 10.2 Å². The first kappa shape index (κ1) is 24.3. The molecule has 0 aromatic heterocycles. The zero-order valence-corrected chi connectivity index (χ0v) is 21.3. The number of hydrogen-bond donors (Lipinski definition) is 2. The Labute approximate surface area is 202 Å². The second-order valence-corrected chi connectivity index (χ2v) is 13.4. The highest BCUT2D eigenvalue weighted by Gasteiger charge is 2.62. The van der Waals surface area contributed by atoms with Gasteiger partial charge in [-0.05, 0) is 105 Å². The van der Waals surface area contributed by atoms with Gasteiger partial charge in [0, 0.05) is 18.9 Å². The average Bonchev–Trinajstić information content (AvgIpc) is 3.15. The lowest BCUT2D eigenvalue weighted by atomic mass is 9.44. The summed E-state index contributed by atoms with van der Waals surface area (Å²) >= 11 is 0. The zero-order chi connectivity index (χ0) is 23.1. The first-order valence-corrected chi connectivity index (χ1v) is 14.8. The molecule has 5 fully saturated rings. The molecule has 0 spiro atoms. The predicted octanol–water partition coefficient (Wildman–Crippen LogP) is 6.69. The van der Waals surface area contributed by atoms with Crippen LogP contribution in [0.1, 0.15) is 122 Å². The maximum absolute atomic E-state index is 13.6. The molecular formula is C30H50O3. The molecule has 0 amide bonds. The molecule has 1 unspecified atom stereocenters. The Kier molecular flexibility index (Phi) is 7.30. The van der Waals surface area contributed by atoms with Crippen LogP contribution in [0.25, 0.3) is 0 Å². The highest BCUT2D eigenvalue weighted by molar-refractivity contribution is 5.82. The number of aliphatic hydroxyl groups excluding tert-OH is 2.